The summed E-state index contributed by atoms with van der Waals surface area (Å²) >= 11 is 4.37. The van der Waals surface area contributed by atoms with E-state index in [-0.39, 0.29) is 0 Å². The van der Waals surface area contributed by atoms with Crippen LogP contribution in [-0.4, -0.2) is 47.6 Å². The van der Waals surface area contributed by atoms with Gasteiger partial charge in [-0.3, -0.25) is 0 Å². The molecule has 3 nitrogen and oxygen atoms in total. The lowest BCUT2D eigenvalue weighted by Crippen LogP contribution is -2.28. The zero-order valence-corrected chi connectivity index (χ0v) is 17.8. The van der Waals surface area contributed by atoms with Crippen LogP contribution in [0.5, 0.6) is 0 Å². The maximum Gasteiger partial charge on any atom is 0.485 e. The highest BCUT2D eigenvalue weighted by molar-refractivity contribution is 8.27. The third kappa shape index (κ3) is 6.94. The Hall–Kier alpha value is 0.0500. The van der Waals surface area contributed by atoms with Crippen LogP contribution in [0.15, 0.2) is 30.3 Å². The highest BCUT2D eigenvalue weighted by Gasteiger charge is 2.43. The van der Waals surface area contributed by atoms with Crippen molar-refractivity contribution in [2.75, 3.05) is 24.8 Å². The summed E-state index contributed by atoms with van der Waals surface area (Å²) in [6.45, 7) is 9.75. The van der Waals surface area contributed by atoms with E-state index in [0.717, 1.165) is 4.32 Å². The lowest BCUT2D eigenvalue weighted by atomic mass is 10.0. The van der Waals surface area contributed by atoms with Crippen molar-refractivity contribution in [3.8, 4) is 0 Å². The molecule has 1 saturated heterocycles. The van der Waals surface area contributed by atoms with Gasteiger partial charge < -0.3 is 4.55 Å². The molecule has 144 valence electrons. The molecule has 0 N–H and O–H groups in total. The number of thioether (sulfide) groups is 2. The van der Waals surface area contributed by atoms with Gasteiger partial charge in [0, 0.05) is 11.5 Å². The zero-order valence-electron chi connectivity index (χ0n) is 14.4. The highest BCUT2D eigenvalue weighted by Crippen LogP contribution is 2.65. The van der Waals surface area contributed by atoms with Gasteiger partial charge in [0.25, 0.3) is 0 Å². The topological polar surface area (TPSA) is 57.2 Å². The fourth-order valence-electron chi connectivity index (χ4n) is 1.99. The summed E-state index contributed by atoms with van der Waals surface area (Å²) in [6.07, 6.45) is 0. The SMILES string of the molecule is CC1(C)CSC([P+](C)(C)c2ccccc2)SC1.O=S(=O)([O-])C(F)(F)F. The summed E-state index contributed by atoms with van der Waals surface area (Å²) in [7, 11) is -7.09. The Morgan fingerprint density at radius 2 is 1.52 bits per heavy atom. The average molecular weight is 435 g/mol. The van der Waals surface area contributed by atoms with Crippen LogP contribution in [0.1, 0.15) is 13.8 Å². The average Bonchev–Trinajstić information content (AvgIpc) is 2.46. The first-order valence-electron chi connectivity index (χ1n) is 7.31. The van der Waals surface area contributed by atoms with E-state index < -0.39 is 22.9 Å². The maximum atomic E-state index is 10.7. The third-order valence-electron chi connectivity index (χ3n) is 3.47. The minimum atomic E-state index is -6.09. The first-order valence-corrected chi connectivity index (χ1v) is 13.6. The van der Waals surface area contributed by atoms with E-state index in [2.05, 4.69) is 81.0 Å². The van der Waals surface area contributed by atoms with Crippen molar-refractivity contribution in [2.24, 2.45) is 5.41 Å². The minimum absolute atomic E-state index is 0.516. The van der Waals surface area contributed by atoms with Crippen LogP contribution >= 0.6 is 30.8 Å². The van der Waals surface area contributed by atoms with Gasteiger partial charge in [0.15, 0.2) is 14.4 Å². The van der Waals surface area contributed by atoms with Gasteiger partial charge in [0.1, 0.15) is 0 Å². The molecule has 10 heteroatoms. The molecule has 0 aliphatic carbocycles. The smallest absolute Gasteiger partial charge is 0.485 e. The van der Waals surface area contributed by atoms with Crippen molar-refractivity contribution in [1.29, 1.82) is 0 Å². The normalized spacial score (nSPS) is 19.0. The lowest BCUT2D eigenvalue weighted by Gasteiger charge is -2.36. The van der Waals surface area contributed by atoms with E-state index in [1.54, 1.807) is 5.30 Å². The number of halogens is 3. The molecule has 0 radical (unpaired) electrons. The molecule has 0 bridgehead atoms. The first-order chi connectivity index (χ1) is 11.2. The van der Waals surface area contributed by atoms with Crippen molar-refractivity contribution >= 4 is 46.2 Å². The van der Waals surface area contributed by atoms with Crippen LogP contribution in [0.25, 0.3) is 0 Å². The molecule has 25 heavy (non-hydrogen) atoms. The second-order valence-corrected chi connectivity index (χ2v) is 15.5. The molecular formula is C15H22F3O3PS3. The van der Waals surface area contributed by atoms with Gasteiger partial charge in [0.05, 0.1) is 25.9 Å². The highest BCUT2D eigenvalue weighted by atomic mass is 32.2. The predicted octanol–water partition coefficient (Wildman–Crippen LogP) is 4.43. The zero-order chi connectivity index (χ0) is 19.5. The molecule has 2 rings (SSSR count). The summed E-state index contributed by atoms with van der Waals surface area (Å²) in [5.41, 5.74) is -5.13. The summed E-state index contributed by atoms with van der Waals surface area (Å²) in [5, 5.41) is 1.57. The van der Waals surface area contributed by atoms with Gasteiger partial charge in [-0.1, -0.05) is 32.0 Å². The molecule has 0 atom stereocenters. The lowest BCUT2D eigenvalue weighted by molar-refractivity contribution is -0.0517. The molecule has 1 aromatic rings. The molecular weight excluding hydrogens is 412 g/mol. The molecule has 0 amide bonds. The first kappa shape index (κ1) is 23.1. The quantitative estimate of drug-likeness (QED) is 0.392. The van der Waals surface area contributed by atoms with E-state index >= 15 is 0 Å². The minimum Gasteiger partial charge on any atom is -0.741 e. The molecule has 1 aromatic carbocycles. The van der Waals surface area contributed by atoms with Crippen LogP contribution in [0.4, 0.5) is 13.2 Å². The second-order valence-electron chi connectivity index (χ2n) is 6.87. The van der Waals surface area contributed by atoms with Crippen LogP contribution in [0, 0.1) is 5.41 Å². The van der Waals surface area contributed by atoms with E-state index in [0.29, 0.717) is 5.41 Å². The van der Waals surface area contributed by atoms with E-state index in [1.165, 1.54) is 11.5 Å². The van der Waals surface area contributed by atoms with Gasteiger partial charge >= 0.3 is 5.51 Å². The summed E-state index contributed by atoms with van der Waals surface area (Å²) in [5.74, 6) is 2.61. The summed E-state index contributed by atoms with van der Waals surface area (Å²) < 4.78 is 59.7. The Bertz CT molecular complexity index is 652. The number of alkyl halides is 3. The van der Waals surface area contributed by atoms with E-state index in [9.17, 15) is 13.2 Å². The molecule has 1 heterocycles. The third-order valence-corrected chi connectivity index (χ3v) is 14.1. The monoisotopic (exact) mass is 434 g/mol. The predicted molar refractivity (Wildman–Crippen MR) is 103 cm³/mol. The Labute approximate surface area is 156 Å². The summed E-state index contributed by atoms with van der Waals surface area (Å²) in [6, 6.07) is 11.1. The number of hydrogen-bond acceptors (Lipinski definition) is 5. The van der Waals surface area contributed by atoms with Crippen molar-refractivity contribution in [2.45, 2.75) is 23.7 Å². The van der Waals surface area contributed by atoms with Gasteiger partial charge in [-0.25, -0.2) is 8.42 Å². The second kappa shape index (κ2) is 8.38. The largest absolute Gasteiger partial charge is 0.741 e. The fourth-order valence-corrected chi connectivity index (χ4v) is 9.65. The van der Waals surface area contributed by atoms with E-state index in [1.807, 2.05) is 0 Å². The van der Waals surface area contributed by atoms with E-state index in [4.69, 9.17) is 13.0 Å². The molecule has 1 aliphatic rings. The number of hydrogen-bond donors (Lipinski definition) is 0. The summed E-state index contributed by atoms with van der Waals surface area (Å²) in [4.78, 5) is 0. The molecule has 1 fully saturated rings. The van der Waals surface area contributed by atoms with Gasteiger partial charge in [-0.2, -0.15) is 13.2 Å². The Balaban J connectivity index is 0.000000333. The molecule has 0 unspecified atom stereocenters. The number of benzene rings is 1. The van der Waals surface area contributed by atoms with Crippen LogP contribution < -0.4 is 5.30 Å². The Morgan fingerprint density at radius 3 is 1.88 bits per heavy atom. The van der Waals surface area contributed by atoms with Crippen LogP contribution in [0.2, 0.25) is 0 Å². The molecule has 1 aliphatic heterocycles. The van der Waals surface area contributed by atoms with Crippen molar-refractivity contribution in [1.82, 2.24) is 0 Å². The van der Waals surface area contributed by atoms with Crippen LogP contribution in [0.3, 0.4) is 0 Å². The van der Waals surface area contributed by atoms with Crippen molar-refractivity contribution in [3.63, 3.8) is 0 Å². The molecule has 0 aromatic heterocycles. The fraction of sp³-hybridized carbons (Fsp3) is 0.600. The standard InChI is InChI=1S/C14H22PS2.CHF3O3S/c1-14(2)10-16-13(17-11-14)15(3,4)12-8-6-5-7-9-12;2-1(3,4)8(5,6)7/h5-9,13H,10-11H2,1-4H3;(H,5,6,7)/q+1;/p-1. The molecule has 0 saturated carbocycles. The van der Waals surface area contributed by atoms with Crippen LogP contribution in [-0.2, 0) is 10.1 Å². The molecule has 0 spiro atoms. The van der Waals surface area contributed by atoms with Gasteiger partial charge in [-0.15, -0.1) is 23.5 Å². The van der Waals surface area contributed by atoms with Crippen molar-refractivity contribution in [3.05, 3.63) is 30.3 Å². The Morgan fingerprint density at radius 1 is 1.12 bits per heavy atom. The Kier molecular flexibility index (Phi) is 7.74. The van der Waals surface area contributed by atoms with Gasteiger partial charge in [-0.05, 0) is 17.5 Å². The van der Waals surface area contributed by atoms with Gasteiger partial charge in [0.2, 0.25) is 0 Å². The number of rotatable bonds is 2. The maximum absolute atomic E-state index is 10.7. The van der Waals surface area contributed by atoms with Crippen molar-refractivity contribution < 1.29 is 26.1 Å².